The summed E-state index contributed by atoms with van der Waals surface area (Å²) in [5.41, 5.74) is 7.25. The summed E-state index contributed by atoms with van der Waals surface area (Å²) in [7, 11) is 0. The SMILES string of the molecule is O=C(N/N=C\c1cn(Cc2ccc(Cl)cc2)c2ccc(Br)cc12)c1c[nH]c2ccccc12. The van der Waals surface area contributed by atoms with E-state index in [1.807, 2.05) is 60.8 Å². The average molecular weight is 506 g/mol. The maximum absolute atomic E-state index is 12.6. The number of hydrogen-bond acceptors (Lipinski definition) is 2. The molecule has 3 aromatic carbocycles. The zero-order valence-corrected chi connectivity index (χ0v) is 19.2. The van der Waals surface area contributed by atoms with Crippen LogP contribution in [-0.4, -0.2) is 21.7 Å². The molecule has 0 fully saturated rings. The lowest BCUT2D eigenvalue weighted by Gasteiger charge is -2.06. The van der Waals surface area contributed by atoms with Crippen LogP contribution >= 0.6 is 27.5 Å². The molecule has 158 valence electrons. The minimum atomic E-state index is -0.259. The summed E-state index contributed by atoms with van der Waals surface area (Å²) in [6.45, 7) is 0.699. The summed E-state index contributed by atoms with van der Waals surface area (Å²) in [6, 6.07) is 21.6. The summed E-state index contributed by atoms with van der Waals surface area (Å²) in [6.07, 6.45) is 5.41. The molecule has 5 nitrogen and oxygen atoms in total. The molecule has 2 N–H and O–H groups in total. The van der Waals surface area contributed by atoms with E-state index >= 15 is 0 Å². The summed E-state index contributed by atoms with van der Waals surface area (Å²) >= 11 is 9.57. The summed E-state index contributed by atoms with van der Waals surface area (Å²) in [5, 5.41) is 6.85. The van der Waals surface area contributed by atoms with Gasteiger partial charge in [0.15, 0.2) is 0 Å². The maximum Gasteiger partial charge on any atom is 0.273 e. The number of H-pyrrole nitrogens is 1. The number of fused-ring (bicyclic) bond motifs is 2. The van der Waals surface area contributed by atoms with E-state index in [1.165, 1.54) is 0 Å². The largest absolute Gasteiger partial charge is 0.360 e. The molecule has 0 aliphatic heterocycles. The molecule has 0 spiro atoms. The predicted molar refractivity (Wildman–Crippen MR) is 134 cm³/mol. The van der Waals surface area contributed by atoms with Gasteiger partial charge in [0.25, 0.3) is 5.91 Å². The first-order chi connectivity index (χ1) is 15.6. The molecule has 0 radical (unpaired) electrons. The standard InChI is InChI=1S/C25H18BrClN4O/c26-18-7-10-24-21(11-18)17(15-31(24)14-16-5-8-19(27)9-6-16)12-29-30-25(32)22-13-28-23-4-2-1-3-20(22)23/h1-13,15,28H,14H2,(H,30,32)/b29-12-. The van der Waals surface area contributed by atoms with Crippen LogP contribution < -0.4 is 5.43 Å². The number of halogens is 2. The van der Waals surface area contributed by atoms with Crippen molar-refractivity contribution in [2.75, 3.05) is 0 Å². The second kappa shape index (κ2) is 8.65. The van der Waals surface area contributed by atoms with Crippen LogP contribution in [0.5, 0.6) is 0 Å². The van der Waals surface area contributed by atoms with Crippen LogP contribution in [0.3, 0.4) is 0 Å². The molecule has 0 unspecified atom stereocenters. The molecular formula is C25H18BrClN4O. The highest BCUT2D eigenvalue weighted by atomic mass is 79.9. The van der Waals surface area contributed by atoms with Gasteiger partial charge in [-0.3, -0.25) is 4.79 Å². The molecule has 0 saturated carbocycles. The Morgan fingerprint density at radius 2 is 1.91 bits per heavy atom. The normalized spacial score (nSPS) is 11.6. The number of carbonyl (C=O) groups is 1. The molecule has 0 atom stereocenters. The quantitative estimate of drug-likeness (QED) is 0.212. The molecule has 1 amide bonds. The van der Waals surface area contributed by atoms with Crippen LogP contribution in [0.1, 0.15) is 21.5 Å². The minimum absolute atomic E-state index is 0.259. The predicted octanol–water partition coefficient (Wildman–Crippen LogP) is 6.35. The zero-order chi connectivity index (χ0) is 22.1. The number of rotatable bonds is 5. The van der Waals surface area contributed by atoms with Gasteiger partial charge in [0.1, 0.15) is 0 Å². The van der Waals surface area contributed by atoms with Crippen molar-refractivity contribution in [1.29, 1.82) is 0 Å². The Hall–Kier alpha value is -3.35. The summed E-state index contributed by atoms with van der Waals surface area (Å²) < 4.78 is 3.14. The van der Waals surface area contributed by atoms with E-state index in [0.717, 1.165) is 37.4 Å². The lowest BCUT2D eigenvalue weighted by molar-refractivity contribution is 0.0957. The van der Waals surface area contributed by atoms with E-state index in [-0.39, 0.29) is 5.91 Å². The highest BCUT2D eigenvalue weighted by molar-refractivity contribution is 9.10. The third kappa shape index (κ3) is 4.07. The van der Waals surface area contributed by atoms with Gasteiger partial charge in [-0.05, 0) is 42.0 Å². The number of nitrogens with one attached hydrogen (secondary N) is 2. The van der Waals surface area contributed by atoms with Crippen LogP contribution in [0, 0.1) is 0 Å². The smallest absolute Gasteiger partial charge is 0.273 e. The number of nitrogens with zero attached hydrogens (tertiary/aromatic N) is 2. The van der Waals surface area contributed by atoms with E-state index < -0.39 is 0 Å². The fraction of sp³-hybridized carbons (Fsp3) is 0.0400. The molecule has 0 saturated heterocycles. The molecular weight excluding hydrogens is 488 g/mol. The van der Waals surface area contributed by atoms with Crippen LogP contribution in [-0.2, 0) is 6.54 Å². The Balaban J connectivity index is 1.42. The molecule has 0 bridgehead atoms. The van der Waals surface area contributed by atoms with E-state index in [1.54, 1.807) is 12.4 Å². The van der Waals surface area contributed by atoms with Crippen molar-refractivity contribution < 1.29 is 4.79 Å². The van der Waals surface area contributed by atoms with E-state index in [0.29, 0.717) is 17.1 Å². The van der Waals surface area contributed by atoms with Gasteiger partial charge in [-0.1, -0.05) is 57.9 Å². The van der Waals surface area contributed by atoms with E-state index in [9.17, 15) is 4.79 Å². The fourth-order valence-electron chi connectivity index (χ4n) is 3.80. The topological polar surface area (TPSA) is 62.2 Å². The fourth-order valence-corrected chi connectivity index (χ4v) is 4.28. The first kappa shape index (κ1) is 20.5. The number of amides is 1. The van der Waals surface area contributed by atoms with Gasteiger partial charge in [-0.15, -0.1) is 0 Å². The highest BCUT2D eigenvalue weighted by Gasteiger charge is 2.12. The number of hydrazone groups is 1. The second-order valence-corrected chi connectivity index (χ2v) is 8.80. The van der Waals surface area contributed by atoms with Gasteiger partial charge in [0.2, 0.25) is 0 Å². The third-order valence-electron chi connectivity index (χ3n) is 5.34. The minimum Gasteiger partial charge on any atom is -0.360 e. The van der Waals surface area contributed by atoms with Crippen molar-refractivity contribution in [3.63, 3.8) is 0 Å². The number of benzene rings is 3. The summed E-state index contributed by atoms with van der Waals surface area (Å²) in [5.74, 6) is -0.259. The number of hydrogen-bond donors (Lipinski definition) is 2. The van der Waals surface area contributed by atoms with Gasteiger partial charge >= 0.3 is 0 Å². The maximum atomic E-state index is 12.6. The first-order valence-electron chi connectivity index (χ1n) is 10.0. The Bertz CT molecular complexity index is 1470. The number of carbonyl (C=O) groups excluding carboxylic acids is 1. The summed E-state index contributed by atoms with van der Waals surface area (Å²) in [4.78, 5) is 15.7. The van der Waals surface area contributed by atoms with Crippen molar-refractivity contribution in [2.24, 2.45) is 5.10 Å². The van der Waals surface area contributed by atoms with Gasteiger partial charge in [0, 0.05) is 55.8 Å². The van der Waals surface area contributed by atoms with Crippen LogP contribution in [0.4, 0.5) is 0 Å². The van der Waals surface area contributed by atoms with Crippen LogP contribution in [0.25, 0.3) is 21.8 Å². The molecule has 2 aromatic heterocycles. The van der Waals surface area contributed by atoms with E-state index in [2.05, 4.69) is 48.1 Å². The van der Waals surface area contributed by atoms with Gasteiger partial charge < -0.3 is 9.55 Å². The van der Waals surface area contributed by atoms with Gasteiger partial charge in [0.05, 0.1) is 11.8 Å². The number of aromatic amines is 1. The van der Waals surface area contributed by atoms with Crippen molar-refractivity contribution in [1.82, 2.24) is 15.0 Å². The number of aromatic nitrogens is 2. The third-order valence-corrected chi connectivity index (χ3v) is 6.09. The molecule has 5 rings (SSSR count). The van der Waals surface area contributed by atoms with Crippen LogP contribution in [0.15, 0.2) is 88.7 Å². The Labute approximate surface area is 197 Å². The number of para-hydroxylation sites is 1. The average Bonchev–Trinajstić information content (AvgIpc) is 3.37. The van der Waals surface area contributed by atoms with Gasteiger partial charge in [-0.25, -0.2) is 5.43 Å². The van der Waals surface area contributed by atoms with Crippen LogP contribution in [0.2, 0.25) is 5.02 Å². The zero-order valence-electron chi connectivity index (χ0n) is 16.8. The van der Waals surface area contributed by atoms with Crippen molar-refractivity contribution in [3.05, 3.63) is 105 Å². The first-order valence-corrected chi connectivity index (χ1v) is 11.2. The van der Waals surface area contributed by atoms with E-state index in [4.69, 9.17) is 11.6 Å². The molecule has 0 aliphatic carbocycles. The Kier molecular flexibility index (Phi) is 5.55. The second-order valence-electron chi connectivity index (χ2n) is 7.45. The van der Waals surface area contributed by atoms with Crippen molar-refractivity contribution >= 4 is 61.5 Å². The van der Waals surface area contributed by atoms with Gasteiger partial charge in [-0.2, -0.15) is 5.10 Å². The monoisotopic (exact) mass is 504 g/mol. The molecule has 0 aliphatic rings. The Morgan fingerprint density at radius 3 is 2.75 bits per heavy atom. The molecule has 32 heavy (non-hydrogen) atoms. The Morgan fingerprint density at radius 1 is 1.09 bits per heavy atom. The molecule has 2 heterocycles. The highest BCUT2D eigenvalue weighted by Crippen LogP contribution is 2.25. The molecule has 5 aromatic rings. The van der Waals surface area contributed by atoms with Crippen molar-refractivity contribution in [3.8, 4) is 0 Å². The lowest BCUT2D eigenvalue weighted by atomic mass is 10.2. The lowest BCUT2D eigenvalue weighted by Crippen LogP contribution is -2.17. The molecule has 7 heteroatoms. The van der Waals surface area contributed by atoms with Crippen molar-refractivity contribution in [2.45, 2.75) is 6.54 Å².